The van der Waals surface area contributed by atoms with Gasteiger partial charge in [0, 0.05) is 30.9 Å². The van der Waals surface area contributed by atoms with E-state index in [0.717, 1.165) is 37.9 Å². The number of amides is 1. The molecule has 29 heavy (non-hydrogen) atoms. The highest BCUT2D eigenvalue weighted by molar-refractivity contribution is 5.87. The molecule has 0 saturated carbocycles. The van der Waals surface area contributed by atoms with Crippen LogP contribution in [0.15, 0.2) is 48.8 Å². The van der Waals surface area contributed by atoms with Crippen molar-refractivity contribution in [3.63, 3.8) is 0 Å². The molecule has 0 aliphatic carbocycles. The predicted octanol–water partition coefficient (Wildman–Crippen LogP) is 1.89. The first-order valence-corrected chi connectivity index (χ1v) is 9.91. The van der Waals surface area contributed by atoms with Crippen LogP contribution in [0.3, 0.4) is 0 Å². The van der Waals surface area contributed by atoms with Crippen molar-refractivity contribution < 1.29 is 9.72 Å². The number of benzene rings is 1. The predicted molar refractivity (Wildman–Crippen MR) is 110 cm³/mol. The number of nitrogens with two attached hydrogens (primary N) is 1. The van der Waals surface area contributed by atoms with E-state index in [1.807, 2.05) is 12.1 Å². The number of non-ortho nitro benzene ring substituents is 1. The number of nitro groups is 1. The average molecular weight is 397 g/mol. The number of rotatable bonds is 9. The van der Waals surface area contributed by atoms with Gasteiger partial charge < -0.3 is 11.1 Å². The van der Waals surface area contributed by atoms with Gasteiger partial charge in [-0.2, -0.15) is 0 Å². The minimum absolute atomic E-state index is 0.0667. The second-order valence-electron chi connectivity index (χ2n) is 7.52. The Labute approximate surface area is 170 Å². The molecule has 3 rings (SSSR count). The molecule has 1 unspecified atom stereocenters. The van der Waals surface area contributed by atoms with Crippen LogP contribution in [0.25, 0.3) is 0 Å². The normalized spacial score (nSPS) is 16.8. The third-order valence-electron chi connectivity index (χ3n) is 5.63. The van der Waals surface area contributed by atoms with E-state index in [2.05, 4.69) is 15.6 Å². The van der Waals surface area contributed by atoms with Gasteiger partial charge in [-0.05, 0) is 68.1 Å². The molecule has 1 saturated heterocycles. The van der Waals surface area contributed by atoms with Gasteiger partial charge in [0.15, 0.2) is 0 Å². The zero-order valence-corrected chi connectivity index (χ0v) is 16.3. The molecule has 8 nitrogen and oxygen atoms in total. The van der Waals surface area contributed by atoms with Crippen molar-refractivity contribution in [1.82, 2.24) is 15.6 Å². The van der Waals surface area contributed by atoms with Gasteiger partial charge in [-0.15, -0.1) is 0 Å². The molecular formula is C21H27N5O3. The number of pyridine rings is 1. The molecule has 0 bridgehead atoms. The number of nitrogens with one attached hydrogen (secondary N) is 2. The summed E-state index contributed by atoms with van der Waals surface area (Å²) in [7, 11) is 0. The molecule has 1 amide bonds. The smallest absolute Gasteiger partial charge is 0.269 e. The van der Waals surface area contributed by atoms with Crippen molar-refractivity contribution in [3.05, 3.63) is 70.0 Å². The van der Waals surface area contributed by atoms with Gasteiger partial charge in [-0.3, -0.25) is 25.2 Å². The number of hydrogen-bond donors (Lipinski definition) is 3. The molecule has 1 aromatic heterocycles. The fourth-order valence-electron chi connectivity index (χ4n) is 3.93. The number of aromatic nitrogens is 1. The summed E-state index contributed by atoms with van der Waals surface area (Å²) in [5.41, 5.74) is 5.97. The molecular weight excluding hydrogens is 370 g/mol. The Morgan fingerprint density at radius 2 is 2.00 bits per heavy atom. The maximum Gasteiger partial charge on any atom is 0.269 e. The van der Waals surface area contributed by atoms with Crippen LogP contribution in [0.4, 0.5) is 5.69 Å². The fourth-order valence-corrected chi connectivity index (χ4v) is 3.93. The zero-order chi connectivity index (χ0) is 20.7. The Morgan fingerprint density at radius 1 is 1.28 bits per heavy atom. The summed E-state index contributed by atoms with van der Waals surface area (Å²) in [6.07, 6.45) is 6.73. The summed E-state index contributed by atoms with van der Waals surface area (Å²) in [5, 5.41) is 18.0. The molecule has 1 aliphatic rings. The molecule has 2 heterocycles. The summed E-state index contributed by atoms with van der Waals surface area (Å²) in [6.45, 7) is 2.61. The topological polar surface area (TPSA) is 123 Å². The monoisotopic (exact) mass is 397 g/mol. The molecule has 154 valence electrons. The third-order valence-corrected chi connectivity index (χ3v) is 5.63. The summed E-state index contributed by atoms with van der Waals surface area (Å²) in [6, 6.07) is 9.80. The highest BCUT2D eigenvalue weighted by Gasteiger charge is 2.39. The number of nitrogens with zero attached hydrogens (tertiary/aromatic N) is 2. The minimum Gasteiger partial charge on any atom is -0.368 e. The molecule has 1 aliphatic heterocycles. The van der Waals surface area contributed by atoms with Crippen molar-refractivity contribution in [3.8, 4) is 0 Å². The maximum atomic E-state index is 12.8. The van der Waals surface area contributed by atoms with Gasteiger partial charge in [-0.1, -0.05) is 12.1 Å². The Kier molecular flexibility index (Phi) is 6.90. The molecule has 0 spiro atoms. The van der Waals surface area contributed by atoms with Gasteiger partial charge in [0.25, 0.3) is 5.69 Å². The Hall–Kier alpha value is -2.84. The average Bonchev–Trinajstić information content (AvgIpc) is 2.74. The SMILES string of the molecule is NC(=O)C(Cc1ccncc1)(NCCC1CCNCC1)c1cccc([N+](=O)[O-])c1. The molecule has 1 atom stereocenters. The van der Waals surface area contributed by atoms with E-state index in [1.165, 1.54) is 12.1 Å². The lowest BCUT2D eigenvalue weighted by Gasteiger charge is -2.33. The van der Waals surface area contributed by atoms with E-state index in [1.54, 1.807) is 24.5 Å². The number of hydrogen-bond acceptors (Lipinski definition) is 6. The molecule has 1 fully saturated rings. The third kappa shape index (κ3) is 5.16. The minimum atomic E-state index is -1.24. The Bertz CT molecular complexity index is 839. The number of carbonyl (C=O) groups excluding carboxylic acids is 1. The summed E-state index contributed by atoms with van der Waals surface area (Å²) >= 11 is 0. The molecule has 1 aromatic carbocycles. The largest absolute Gasteiger partial charge is 0.368 e. The molecule has 8 heteroatoms. The number of primary amides is 1. The first-order chi connectivity index (χ1) is 14.0. The molecule has 2 aromatic rings. The van der Waals surface area contributed by atoms with Crippen LogP contribution in [0, 0.1) is 16.0 Å². The van der Waals surface area contributed by atoms with Crippen LogP contribution in [0.2, 0.25) is 0 Å². The lowest BCUT2D eigenvalue weighted by molar-refractivity contribution is -0.385. The first-order valence-electron chi connectivity index (χ1n) is 9.91. The number of piperidine rings is 1. The Morgan fingerprint density at radius 3 is 2.66 bits per heavy atom. The van der Waals surface area contributed by atoms with Crippen molar-refractivity contribution in [1.29, 1.82) is 0 Å². The van der Waals surface area contributed by atoms with Crippen LogP contribution in [0.5, 0.6) is 0 Å². The van der Waals surface area contributed by atoms with Crippen molar-refractivity contribution >= 4 is 11.6 Å². The van der Waals surface area contributed by atoms with Crippen LogP contribution >= 0.6 is 0 Å². The summed E-state index contributed by atoms with van der Waals surface area (Å²) in [5.74, 6) is 0.0282. The van der Waals surface area contributed by atoms with E-state index in [0.29, 0.717) is 18.0 Å². The standard InChI is InChI=1S/C21H27N5O3/c22-20(27)21(15-17-6-11-24-12-7-17,18-2-1-3-19(14-18)26(28)29)25-13-8-16-4-9-23-10-5-16/h1-3,6-7,11-12,14,16,23,25H,4-5,8-10,13,15H2,(H2,22,27). The van der Waals surface area contributed by atoms with Gasteiger partial charge in [0.2, 0.25) is 5.91 Å². The van der Waals surface area contributed by atoms with Crippen molar-refractivity contribution in [2.45, 2.75) is 31.2 Å². The fraction of sp³-hybridized carbons (Fsp3) is 0.429. The lowest BCUT2D eigenvalue weighted by atomic mass is 9.82. The van der Waals surface area contributed by atoms with Gasteiger partial charge in [0.1, 0.15) is 5.54 Å². The highest BCUT2D eigenvalue weighted by Crippen LogP contribution is 2.29. The van der Waals surface area contributed by atoms with Crippen molar-refractivity contribution in [2.24, 2.45) is 11.7 Å². The van der Waals surface area contributed by atoms with Crippen molar-refractivity contribution in [2.75, 3.05) is 19.6 Å². The zero-order valence-electron chi connectivity index (χ0n) is 16.3. The Balaban J connectivity index is 1.90. The summed E-state index contributed by atoms with van der Waals surface area (Å²) in [4.78, 5) is 27.6. The van der Waals surface area contributed by atoms with E-state index in [-0.39, 0.29) is 12.1 Å². The van der Waals surface area contributed by atoms with Crippen LogP contribution in [0.1, 0.15) is 30.4 Å². The van der Waals surface area contributed by atoms with Gasteiger partial charge >= 0.3 is 0 Å². The van der Waals surface area contributed by atoms with E-state index in [4.69, 9.17) is 5.73 Å². The number of carbonyl (C=O) groups is 1. The van der Waals surface area contributed by atoms with E-state index in [9.17, 15) is 14.9 Å². The molecule has 4 N–H and O–H groups in total. The first kappa shape index (κ1) is 20.9. The highest BCUT2D eigenvalue weighted by atomic mass is 16.6. The van der Waals surface area contributed by atoms with E-state index < -0.39 is 16.4 Å². The van der Waals surface area contributed by atoms with Gasteiger partial charge in [0.05, 0.1) is 4.92 Å². The second-order valence-corrected chi connectivity index (χ2v) is 7.52. The number of nitro benzene ring substituents is 1. The summed E-state index contributed by atoms with van der Waals surface area (Å²) < 4.78 is 0. The van der Waals surface area contributed by atoms with Gasteiger partial charge in [-0.25, -0.2) is 0 Å². The van der Waals surface area contributed by atoms with E-state index >= 15 is 0 Å². The van der Waals surface area contributed by atoms with Crippen LogP contribution in [-0.2, 0) is 16.8 Å². The lowest BCUT2D eigenvalue weighted by Crippen LogP contribution is -2.54. The maximum absolute atomic E-state index is 12.8. The van der Waals surface area contributed by atoms with Crippen LogP contribution in [-0.4, -0.2) is 35.4 Å². The quantitative estimate of drug-likeness (QED) is 0.439. The van der Waals surface area contributed by atoms with Crippen LogP contribution < -0.4 is 16.4 Å². The molecule has 0 radical (unpaired) electrons. The second kappa shape index (κ2) is 9.58.